The van der Waals surface area contributed by atoms with Crippen LogP contribution in [0.3, 0.4) is 0 Å². The summed E-state index contributed by atoms with van der Waals surface area (Å²) in [5.74, 6) is 0.879. The Morgan fingerprint density at radius 3 is 1.53 bits per heavy atom. The lowest BCUT2D eigenvalue weighted by Crippen LogP contribution is -2.11. The van der Waals surface area contributed by atoms with E-state index in [1.54, 1.807) is 0 Å². The first-order valence-electron chi connectivity index (χ1n) is 20.5. The van der Waals surface area contributed by atoms with Crippen molar-refractivity contribution in [3.8, 4) is 55.8 Å². The molecule has 1 aromatic heterocycles. The zero-order chi connectivity index (χ0) is 39.8. The minimum absolute atomic E-state index is 0.879. The van der Waals surface area contributed by atoms with Crippen LogP contribution in [0.1, 0.15) is 0 Å². The lowest BCUT2D eigenvalue weighted by Gasteiger charge is -2.28. The number of benzene rings is 10. The number of fused-ring (bicyclic) bond motifs is 4. The summed E-state index contributed by atoms with van der Waals surface area (Å²) < 4.78 is 6.18. The van der Waals surface area contributed by atoms with E-state index in [9.17, 15) is 0 Å². The molecule has 0 aliphatic rings. The van der Waals surface area contributed by atoms with Gasteiger partial charge >= 0.3 is 0 Å². The molecule has 0 saturated heterocycles. The second-order valence-electron chi connectivity index (χ2n) is 15.3. The van der Waals surface area contributed by atoms with Gasteiger partial charge < -0.3 is 9.32 Å². The molecule has 282 valence electrons. The summed E-state index contributed by atoms with van der Waals surface area (Å²) in [6.07, 6.45) is 0. The molecule has 0 spiro atoms. The number of anilines is 3. The number of rotatable bonds is 8. The Bertz CT molecular complexity index is 3260. The maximum atomic E-state index is 6.18. The maximum Gasteiger partial charge on any atom is 0.135 e. The van der Waals surface area contributed by atoms with Gasteiger partial charge in [0, 0.05) is 27.9 Å². The van der Waals surface area contributed by atoms with E-state index in [0.29, 0.717) is 0 Å². The highest BCUT2D eigenvalue weighted by Crippen LogP contribution is 2.43. The molecule has 0 N–H and O–H groups in total. The van der Waals surface area contributed by atoms with Crippen molar-refractivity contribution >= 4 is 49.6 Å². The third-order valence-electron chi connectivity index (χ3n) is 11.7. The largest absolute Gasteiger partial charge is 0.456 e. The second-order valence-corrected chi connectivity index (χ2v) is 15.3. The van der Waals surface area contributed by atoms with E-state index in [0.717, 1.165) is 56.0 Å². The Balaban J connectivity index is 0.939. The first-order valence-corrected chi connectivity index (χ1v) is 20.5. The van der Waals surface area contributed by atoms with E-state index in [2.05, 4.69) is 223 Å². The number of nitrogens with zero attached hydrogens (tertiary/aromatic N) is 1. The van der Waals surface area contributed by atoms with Crippen molar-refractivity contribution in [2.45, 2.75) is 0 Å². The van der Waals surface area contributed by atoms with E-state index in [-0.39, 0.29) is 0 Å². The molecule has 0 aliphatic heterocycles. The van der Waals surface area contributed by atoms with Crippen LogP contribution in [0.2, 0.25) is 0 Å². The standard InChI is InChI=1S/C58H39NO/c1-2-13-43(14-3-1)52-20-9-10-23-56(52)59(50-35-31-44(32-36-50)55-38-46-15-4-6-19-51(46)53-21-7-8-22-54(53)55)49-33-29-41(30-34-49)40-25-27-42(28-26-40)45-17-12-18-47(37-45)58-39-48-16-5-11-24-57(48)60-58/h1-39H. The molecule has 11 rings (SSSR count). The first kappa shape index (κ1) is 35.2. The van der Waals surface area contributed by atoms with Gasteiger partial charge in [-0.05, 0) is 115 Å². The van der Waals surface area contributed by atoms with E-state index >= 15 is 0 Å². The lowest BCUT2D eigenvalue weighted by molar-refractivity contribution is 0.631. The summed E-state index contributed by atoms with van der Waals surface area (Å²) in [7, 11) is 0. The van der Waals surface area contributed by atoms with E-state index < -0.39 is 0 Å². The normalized spacial score (nSPS) is 11.3. The lowest BCUT2D eigenvalue weighted by atomic mass is 9.93. The molecule has 0 bridgehead atoms. The van der Waals surface area contributed by atoms with Crippen LogP contribution in [-0.2, 0) is 0 Å². The van der Waals surface area contributed by atoms with Gasteiger partial charge in [-0.2, -0.15) is 0 Å². The average molecular weight is 766 g/mol. The van der Waals surface area contributed by atoms with E-state index in [1.807, 2.05) is 18.2 Å². The highest BCUT2D eigenvalue weighted by Gasteiger charge is 2.18. The molecule has 10 aromatic carbocycles. The number of para-hydroxylation sites is 2. The van der Waals surface area contributed by atoms with Crippen molar-refractivity contribution in [1.29, 1.82) is 0 Å². The Labute approximate surface area is 349 Å². The monoisotopic (exact) mass is 765 g/mol. The summed E-state index contributed by atoms with van der Waals surface area (Å²) in [6, 6.07) is 84.9. The summed E-state index contributed by atoms with van der Waals surface area (Å²) in [5, 5.41) is 6.17. The smallest absolute Gasteiger partial charge is 0.135 e. The Morgan fingerprint density at radius 1 is 0.283 bits per heavy atom. The van der Waals surface area contributed by atoms with Crippen LogP contribution < -0.4 is 4.90 Å². The molecule has 0 fully saturated rings. The molecule has 0 radical (unpaired) electrons. The predicted octanol–water partition coefficient (Wildman–Crippen LogP) is 16.5. The van der Waals surface area contributed by atoms with Gasteiger partial charge in [0.2, 0.25) is 0 Å². The summed E-state index contributed by atoms with van der Waals surface area (Å²) >= 11 is 0. The molecular formula is C58H39NO. The van der Waals surface area contributed by atoms with Crippen LogP contribution in [0.25, 0.3) is 88.3 Å². The highest BCUT2D eigenvalue weighted by atomic mass is 16.3. The summed E-state index contributed by atoms with van der Waals surface area (Å²) in [6.45, 7) is 0. The third kappa shape index (κ3) is 6.51. The fraction of sp³-hybridized carbons (Fsp3) is 0. The molecule has 2 heteroatoms. The van der Waals surface area contributed by atoms with Crippen molar-refractivity contribution in [2.24, 2.45) is 0 Å². The van der Waals surface area contributed by atoms with Crippen molar-refractivity contribution in [2.75, 3.05) is 4.90 Å². The molecule has 0 amide bonds. The molecular weight excluding hydrogens is 727 g/mol. The van der Waals surface area contributed by atoms with Gasteiger partial charge in [-0.3, -0.25) is 0 Å². The minimum Gasteiger partial charge on any atom is -0.456 e. The van der Waals surface area contributed by atoms with Crippen LogP contribution in [0.5, 0.6) is 0 Å². The molecule has 11 aromatic rings. The number of hydrogen-bond donors (Lipinski definition) is 0. The average Bonchev–Trinajstić information content (AvgIpc) is 3.77. The molecule has 0 aliphatic carbocycles. The number of furan rings is 1. The SMILES string of the molecule is c1ccc(-c2ccccc2N(c2ccc(-c3ccc(-c4cccc(-c5cc6ccccc6o5)c4)cc3)cc2)c2ccc(-c3cc4ccccc4c4ccccc34)cc2)cc1. The topological polar surface area (TPSA) is 16.4 Å². The predicted molar refractivity (Wildman–Crippen MR) is 253 cm³/mol. The van der Waals surface area contributed by atoms with Crippen molar-refractivity contribution in [3.05, 3.63) is 237 Å². The van der Waals surface area contributed by atoms with Gasteiger partial charge in [0.05, 0.1) is 5.69 Å². The van der Waals surface area contributed by atoms with Gasteiger partial charge in [0.1, 0.15) is 11.3 Å². The molecule has 0 atom stereocenters. The quantitative estimate of drug-likeness (QED) is 0.143. The van der Waals surface area contributed by atoms with Gasteiger partial charge in [-0.25, -0.2) is 0 Å². The van der Waals surface area contributed by atoms with Crippen LogP contribution in [-0.4, -0.2) is 0 Å². The van der Waals surface area contributed by atoms with Crippen molar-refractivity contribution in [3.63, 3.8) is 0 Å². The van der Waals surface area contributed by atoms with Crippen molar-refractivity contribution < 1.29 is 4.42 Å². The zero-order valence-corrected chi connectivity index (χ0v) is 32.9. The Hall–Kier alpha value is -7.94. The Kier molecular flexibility index (Phi) is 8.87. The molecule has 1 heterocycles. The molecule has 60 heavy (non-hydrogen) atoms. The van der Waals surface area contributed by atoms with Gasteiger partial charge in [-0.1, -0.05) is 182 Å². The fourth-order valence-electron chi connectivity index (χ4n) is 8.68. The molecule has 0 unspecified atom stereocenters. The van der Waals surface area contributed by atoms with Crippen molar-refractivity contribution in [1.82, 2.24) is 0 Å². The van der Waals surface area contributed by atoms with Crippen LogP contribution in [0, 0.1) is 0 Å². The van der Waals surface area contributed by atoms with Gasteiger partial charge in [-0.15, -0.1) is 0 Å². The maximum absolute atomic E-state index is 6.18. The van der Waals surface area contributed by atoms with Gasteiger partial charge in [0.15, 0.2) is 0 Å². The Morgan fingerprint density at radius 2 is 0.800 bits per heavy atom. The van der Waals surface area contributed by atoms with E-state index in [4.69, 9.17) is 4.42 Å². The molecule has 2 nitrogen and oxygen atoms in total. The van der Waals surface area contributed by atoms with Gasteiger partial charge in [0.25, 0.3) is 0 Å². The van der Waals surface area contributed by atoms with Crippen LogP contribution in [0.4, 0.5) is 17.1 Å². The first-order chi connectivity index (χ1) is 29.7. The zero-order valence-electron chi connectivity index (χ0n) is 32.9. The van der Waals surface area contributed by atoms with E-state index in [1.165, 1.54) is 49.4 Å². The minimum atomic E-state index is 0.879. The third-order valence-corrected chi connectivity index (χ3v) is 11.7. The highest BCUT2D eigenvalue weighted by molar-refractivity contribution is 6.13. The van der Waals surface area contributed by atoms with Crippen LogP contribution in [0.15, 0.2) is 241 Å². The fourth-order valence-corrected chi connectivity index (χ4v) is 8.68. The van der Waals surface area contributed by atoms with Crippen LogP contribution >= 0.6 is 0 Å². The number of hydrogen-bond acceptors (Lipinski definition) is 2. The summed E-state index contributed by atoms with van der Waals surface area (Å²) in [5.41, 5.74) is 14.7. The summed E-state index contributed by atoms with van der Waals surface area (Å²) in [4.78, 5) is 2.38. The second kappa shape index (κ2) is 15.1. The molecule has 0 saturated carbocycles.